The quantitative estimate of drug-likeness (QED) is 0.415. The van der Waals surface area contributed by atoms with Crippen molar-refractivity contribution < 1.29 is 23.8 Å². The highest BCUT2D eigenvalue weighted by Crippen LogP contribution is 2.32. The maximum Gasteiger partial charge on any atom is 0.326 e. The minimum atomic E-state index is -1.11. The first-order valence-electron chi connectivity index (χ1n) is 10.0. The zero-order chi connectivity index (χ0) is 23.8. The first-order valence-corrected chi connectivity index (χ1v) is 11.8. The lowest BCUT2D eigenvalue weighted by Crippen LogP contribution is -2.41. The average molecular weight is 489 g/mol. The standard InChI is InChI=1S/C24H22ClFN2O4S/c1-33-10-8-22(24(30)31)28-23(29)19-6-4-15(14-32-17-3-2-9-27-13-17)11-20(19)18-7-5-16(26)12-21(18)25/h2-7,9,11-13,22H,8,10,14H2,1H3,(H,28,29)(H,30,31). The first-order chi connectivity index (χ1) is 15.9. The molecule has 0 saturated carbocycles. The number of carboxylic acids is 1. The molecule has 0 aliphatic carbocycles. The lowest BCUT2D eigenvalue weighted by molar-refractivity contribution is -0.139. The molecule has 0 spiro atoms. The number of hydrogen-bond donors (Lipinski definition) is 2. The van der Waals surface area contributed by atoms with Crippen molar-refractivity contribution in [1.29, 1.82) is 0 Å². The molecular formula is C24H22ClFN2O4S. The lowest BCUT2D eigenvalue weighted by atomic mass is 9.96. The molecule has 9 heteroatoms. The van der Waals surface area contributed by atoms with Gasteiger partial charge in [-0.25, -0.2) is 9.18 Å². The van der Waals surface area contributed by atoms with Gasteiger partial charge in [0.2, 0.25) is 0 Å². The van der Waals surface area contributed by atoms with Crippen molar-refractivity contribution in [2.45, 2.75) is 19.1 Å². The Hall–Kier alpha value is -3.10. The fourth-order valence-corrected chi connectivity index (χ4v) is 3.88. The van der Waals surface area contributed by atoms with Crippen LogP contribution >= 0.6 is 23.4 Å². The number of thioether (sulfide) groups is 1. The summed E-state index contributed by atoms with van der Waals surface area (Å²) >= 11 is 7.78. The Kier molecular flexibility index (Phi) is 8.68. The number of hydrogen-bond acceptors (Lipinski definition) is 5. The highest BCUT2D eigenvalue weighted by atomic mass is 35.5. The van der Waals surface area contributed by atoms with Crippen molar-refractivity contribution in [3.63, 3.8) is 0 Å². The zero-order valence-corrected chi connectivity index (χ0v) is 19.3. The molecule has 172 valence electrons. The molecule has 3 rings (SSSR count). The van der Waals surface area contributed by atoms with E-state index in [2.05, 4.69) is 10.3 Å². The van der Waals surface area contributed by atoms with Crippen LogP contribution in [-0.2, 0) is 11.4 Å². The summed E-state index contributed by atoms with van der Waals surface area (Å²) in [6.07, 6.45) is 5.37. The van der Waals surface area contributed by atoms with Crippen LogP contribution in [-0.4, -0.2) is 40.0 Å². The van der Waals surface area contributed by atoms with Crippen LogP contribution in [0.5, 0.6) is 5.75 Å². The van der Waals surface area contributed by atoms with Gasteiger partial charge in [0.25, 0.3) is 5.91 Å². The van der Waals surface area contributed by atoms with E-state index in [1.165, 1.54) is 23.9 Å². The predicted octanol–water partition coefficient (Wildman–Crippen LogP) is 5.06. The molecule has 0 fully saturated rings. The van der Waals surface area contributed by atoms with E-state index < -0.39 is 23.7 Å². The summed E-state index contributed by atoms with van der Waals surface area (Å²) in [5.41, 5.74) is 1.85. The molecule has 1 amide bonds. The highest BCUT2D eigenvalue weighted by molar-refractivity contribution is 7.98. The fourth-order valence-electron chi connectivity index (χ4n) is 3.14. The van der Waals surface area contributed by atoms with Crippen LogP contribution in [0.2, 0.25) is 5.02 Å². The number of aliphatic carboxylic acids is 1. The molecule has 0 saturated heterocycles. The molecule has 3 aromatic rings. The number of halogens is 2. The number of pyridine rings is 1. The van der Waals surface area contributed by atoms with Crippen molar-refractivity contribution in [2.24, 2.45) is 0 Å². The van der Waals surface area contributed by atoms with Crippen LogP contribution in [0, 0.1) is 5.82 Å². The van der Waals surface area contributed by atoms with Crippen molar-refractivity contribution in [2.75, 3.05) is 12.0 Å². The molecule has 1 aromatic heterocycles. The number of rotatable bonds is 10. The summed E-state index contributed by atoms with van der Waals surface area (Å²) in [4.78, 5) is 28.6. The maximum absolute atomic E-state index is 13.6. The largest absolute Gasteiger partial charge is 0.487 e. The van der Waals surface area contributed by atoms with Gasteiger partial charge in [-0.1, -0.05) is 17.7 Å². The van der Waals surface area contributed by atoms with E-state index in [0.29, 0.717) is 22.6 Å². The van der Waals surface area contributed by atoms with Gasteiger partial charge < -0.3 is 15.2 Å². The number of carboxylic acid groups (broad SMARTS) is 1. The smallest absolute Gasteiger partial charge is 0.326 e. The second-order valence-electron chi connectivity index (χ2n) is 7.13. The van der Waals surface area contributed by atoms with Crippen LogP contribution in [0.25, 0.3) is 11.1 Å². The third kappa shape index (κ3) is 6.69. The second-order valence-corrected chi connectivity index (χ2v) is 8.52. The molecule has 1 atom stereocenters. The summed E-state index contributed by atoms with van der Waals surface area (Å²) in [6, 6.07) is 11.4. The summed E-state index contributed by atoms with van der Waals surface area (Å²) in [5, 5.41) is 12.2. The van der Waals surface area contributed by atoms with E-state index >= 15 is 0 Å². The van der Waals surface area contributed by atoms with Crippen molar-refractivity contribution in [1.82, 2.24) is 10.3 Å². The van der Waals surface area contributed by atoms with Gasteiger partial charge >= 0.3 is 5.97 Å². The van der Waals surface area contributed by atoms with Crippen LogP contribution in [0.3, 0.4) is 0 Å². The molecule has 6 nitrogen and oxygen atoms in total. The Balaban J connectivity index is 1.94. The Labute approximate surface area is 200 Å². The van der Waals surface area contributed by atoms with E-state index in [1.54, 1.807) is 42.7 Å². The molecule has 0 aliphatic heterocycles. The summed E-state index contributed by atoms with van der Waals surface area (Å²) < 4.78 is 19.4. The molecule has 2 aromatic carbocycles. The Morgan fingerprint density at radius 2 is 2.03 bits per heavy atom. The number of amides is 1. The monoisotopic (exact) mass is 488 g/mol. The summed E-state index contributed by atoms with van der Waals surface area (Å²) in [6.45, 7) is 0.199. The third-order valence-corrected chi connectivity index (χ3v) is 5.76. The number of aromatic nitrogens is 1. The van der Waals surface area contributed by atoms with Gasteiger partial charge in [0.15, 0.2) is 0 Å². The van der Waals surface area contributed by atoms with E-state index in [0.717, 1.165) is 11.6 Å². The zero-order valence-electron chi connectivity index (χ0n) is 17.8. The molecule has 0 bridgehead atoms. The van der Waals surface area contributed by atoms with Gasteiger partial charge in [-0.05, 0) is 72.0 Å². The van der Waals surface area contributed by atoms with Crippen LogP contribution in [0.4, 0.5) is 4.39 Å². The van der Waals surface area contributed by atoms with Crippen molar-refractivity contribution in [3.05, 3.63) is 82.9 Å². The number of ether oxygens (including phenoxy) is 1. The number of carbonyl (C=O) groups excluding carboxylic acids is 1. The Bertz CT molecular complexity index is 1130. The van der Waals surface area contributed by atoms with Gasteiger partial charge in [0, 0.05) is 17.3 Å². The second kappa shape index (κ2) is 11.7. The Morgan fingerprint density at radius 3 is 2.70 bits per heavy atom. The van der Waals surface area contributed by atoms with E-state index in [9.17, 15) is 19.1 Å². The van der Waals surface area contributed by atoms with Gasteiger partial charge in [0.05, 0.1) is 11.2 Å². The van der Waals surface area contributed by atoms with Crippen LogP contribution in [0.1, 0.15) is 22.3 Å². The number of nitrogens with zero attached hydrogens (tertiary/aromatic N) is 1. The lowest BCUT2D eigenvalue weighted by Gasteiger charge is -2.17. The SMILES string of the molecule is CSCCC(NC(=O)c1ccc(COc2cccnc2)cc1-c1ccc(F)cc1Cl)C(=O)O. The van der Waals surface area contributed by atoms with E-state index in [-0.39, 0.29) is 23.6 Å². The molecule has 33 heavy (non-hydrogen) atoms. The summed E-state index contributed by atoms with van der Waals surface area (Å²) in [7, 11) is 0. The van der Waals surface area contributed by atoms with Crippen molar-refractivity contribution >= 4 is 35.2 Å². The van der Waals surface area contributed by atoms with Crippen LogP contribution < -0.4 is 10.1 Å². The van der Waals surface area contributed by atoms with E-state index in [4.69, 9.17) is 16.3 Å². The number of nitrogens with one attached hydrogen (secondary N) is 1. The summed E-state index contributed by atoms with van der Waals surface area (Å²) in [5.74, 6) is -1.01. The van der Waals surface area contributed by atoms with Gasteiger partial charge in [-0.3, -0.25) is 9.78 Å². The molecule has 0 aliphatic rings. The molecule has 1 unspecified atom stereocenters. The highest BCUT2D eigenvalue weighted by Gasteiger charge is 2.23. The molecule has 0 radical (unpaired) electrons. The van der Waals surface area contributed by atoms with Gasteiger partial charge in [-0.15, -0.1) is 0 Å². The molecule has 2 N–H and O–H groups in total. The fraction of sp³-hybridized carbons (Fsp3) is 0.208. The van der Waals surface area contributed by atoms with Gasteiger partial charge in [0.1, 0.15) is 24.2 Å². The minimum absolute atomic E-state index is 0.131. The molecule has 1 heterocycles. The van der Waals surface area contributed by atoms with Gasteiger partial charge in [-0.2, -0.15) is 11.8 Å². The van der Waals surface area contributed by atoms with E-state index in [1.807, 2.05) is 6.26 Å². The Morgan fingerprint density at radius 1 is 1.21 bits per heavy atom. The van der Waals surface area contributed by atoms with Crippen LogP contribution in [0.15, 0.2) is 60.9 Å². The third-order valence-electron chi connectivity index (χ3n) is 4.80. The number of benzene rings is 2. The normalized spacial score (nSPS) is 11.6. The molecular weight excluding hydrogens is 467 g/mol. The predicted molar refractivity (Wildman–Crippen MR) is 127 cm³/mol. The number of carbonyl (C=O) groups is 2. The maximum atomic E-state index is 13.6. The average Bonchev–Trinajstić information content (AvgIpc) is 2.80. The first kappa shape index (κ1) is 24.5. The minimum Gasteiger partial charge on any atom is -0.487 e. The van der Waals surface area contributed by atoms with Crippen molar-refractivity contribution in [3.8, 4) is 16.9 Å². The topological polar surface area (TPSA) is 88.5 Å².